The first-order chi connectivity index (χ1) is 11.5. The lowest BCUT2D eigenvalue weighted by Gasteiger charge is -2.17. The number of anilines is 1. The summed E-state index contributed by atoms with van der Waals surface area (Å²) in [6.45, 7) is 2.06. The molecule has 1 amide bonds. The van der Waals surface area contributed by atoms with Crippen LogP contribution in [0.3, 0.4) is 0 Å². The normalized spacial score (nSPS) is 17.2. The van der Waals surface area contributed by atoms with Gasteiger partial charge in [0, 0.05) is 31.8 Å². The predicted octanol–water partition coefficient (Wildman–Crippen LogP) is 1.82. The minimum atomic E-state index is -0.581. The van der Waals surface area contributed by atoms with Crippen molar-refractivity contribution >= 4 is 17.4 Å². The van der Waals surface area contributed by atoms with E-state index in [1.807, 2.05) is 0 Å². The molecule has 1 aliphatic heterocycles. The summed E-state index contributed by atoms with van der Waals surface area (Å²) in [6, 6.07) is 4.95. The number of carbonyl (C=O) groups is 2. The van der Waals surface area contributed by atoms with Gasteiger partial charge in [-0.1, -0.05) is 0 Å². The van der Waals surface area contributed by atoms with Gasteiger partial charge in [-0.05, 0) is 25.1 Å². The zero-order chi connectivity index (χ0) is 17.3. The van der Waals surface area contributed by atoms with E-state index >= 15 is 0 Å². The maximum atomic E-state index is 12.6. The summed E-state index contributed by atoms with van der Waals surface area (Å²) in [5.41, 5.74) is 1.29. The number of rotatable bonds is 5. The Balaban J connectivity index is 1.77. The number of Topliss-reactive ketones (excluding diaryl/α,β-unsaturated/α-hetero) is 1. The zero-order valence-electron chi connectivity index (χ0n) is 13.9. The fraction of sp³-hybridized carbons (Fsp3) is 0.353. The highest BCUT2D eigenvalue weighted by molar-refractivity contribution is 5.99. The molecule has 7 nitrogen and oxygen atoms in total. The topological polar surface area (TPSA) is 73.7 Å². The number of carbonyl (C=O) groups excluding carboxylic acids is 2. The van der Waals surface area contributed by atoms with Crippen LogP contribution in [0.1, 0.15) is 23.7 Å². The molecule has 0 N–H and O–H groups in total. The summed E-state index contributed by atoms with van der Waals surface area (Å²) in [6.07, 6.45) is 3.44. The Morgan fingerprint density at radius 3 is 2.75 bits per heavy atom. The molecule has 0 saturated carbocycles. The summed E-state index contributed by atoms with van der Waals surface area (Å²) in [5, 5.41) is 4.09. The molecule has 0 bridgehead atoms. The van der Waals surface area contributed by atoms with E-state index in [0.717, 1.165) is 5.69 Å². The first-order valence-corrected chi connectivity index (χ1v) is 7.65. The van der Waals surface area contributed by atoms with Crippen molar-refractivity contribution < 1.29 is 19.1 Å². The predicted molar refractivity (Wildman–Crippen MR) is 87.6 cm³/mol. The van der Waals surface area contributed by atoms with Crippen LogP contribution < -0.4 is 14.4 Å². The molecule has 3 rings (SSSR count). The molecule has 24 heavy (non-hydrogen) atoms. The molecule has 1 saturated heterocycles. The van der Waals surface area contributed by atoms with Gasteiger partial charge in [0.05, 0.1) is 19.0 Å². The third kappa shape index (κ3) is 2.97. The van der Waals surface area contributed by atoms with E-state index in [-0.39, 0.29) is 11.7 Å². The Hall–Kier alpha value is -2.83. The van der Waals surface area contributed by atoms with Crippen LogP contribution in [0, 0.1) is 0 Å². The van der Waals surface area contributed by atoms with Gasteiger partial charge in [0.25, 0.3) is 5.91 Å². The largest absolute Gasteiger partial charge is 0.493 e. The summed E-state index contributed by atoms with van der Waals surface area (Å²) < 4.78 is 12.8. The molecule has 0 aliphatic carbocycles. The maximum absolute atomic E-state index is 12.6. The lowest BCUT2D eigenvalue weighted by Crippen LogP contribution is -2.32. The van der Waals surface area contributed by atoms with Crippen LogP contribution in [-0.2, 0) is 11.8 Å². The van der Waals surface area contributed by atoms with Gasteiger partial charge in [-0.15, -0.1) is 0 Å². The first-order valence-electron chi connectivity index (χ1n) is 7.65. The van der Waals surface area contributed by atoms with Gasteiger partial charge >= 0.3 is 0 Å². The molecule has 1 atom stereocenters. The maximum Gasteiger partial charge on any atom is 0.268 e. The molecule has 2 aromatic rings. The Morgan fingerprint density at radius 2 is 2.12 bits per heavy atom. The van der Waals surface area contributed by atoms with Crippen molar-refractivity contribution in [1.82, 2.24) is 9.78 Å². The van der Waals surface area contributed by atoms with Gasteiger partial charge in [-0.2, -0.15) is 5.10 Å². The number of aryl methyl sites for hydroxylation is 1. The van der Waals surface area contributed by atoms with Crippen LogP contribution in [-0.4, -0.2) is 41.2 Å². The molecule has 1 aliphatic rings. The van der Waals surface area contributed by atoms with E-state index in [9.17, 15) is 9.59 Å². The van der Waals surface area contributed by atoms with E-state index in [2.05, 4.69) is 5.10 Å². The highest BCUT2D eigenvalue weighted by Crippen LogP contribution is 2.31. The number of benzene rings is 1. The van der Waals surface area contributed by atoms with Crippen molar-refractivity contribution in [2.75, 3.05) is 18.6 Å². The minimum Gasteiger partial charge on any atom is -0.493 e. The van der Waals surface area contributed by atoms with Crippen LogP contribution in [0.5, 0.6) is 11.5 Å². The van der Waals surface area contributed by atoms with E-state index in [4.69, 9.17) is 9.47 Å². The highest BCUT2D eigenvalue weighted by atomic mass is 16.5. The van der Waals surface area contributed by atoms with E-state index in [1.54, 1.807) is 47.2 Å². The first kappa shape index (κ1) is 16.0. The van der Waals surface area contributed by atoms with Crippen LogP contribution in [0.2, 0.25) is 0 Å². The smallest absolute Gasteiger partial charge is 0.268 e. The number of ketones is 1. The second-order valence-corrected chi connectivity index (χ2v) is 5.68. The van der Waals surface area contributed by atoms with Gasteiger partial charge in [0.1, 0.15) is 0 Å². The van der Waals surface area contributed by atoms with Crippen molar-refractivity contribution in [3.05, 3.63) is 36.2 Å². The highest BCUT2D eigenvalue weighted by Gasteiger charge is 2.35. The number of nitrogens with zero attached hydrogens (tertiary/aromatic N) is 3. The van der Waals surface area contributed by atoms with Crippen LogP contribution in [0.25, 0.3) is 0 Å². The summed E-state index contributed by atoms with van der Waals surface area (Å²) in [5.74, 6) is 0.726. The number of methoxy groups -OCH3 is 1. The standard InChI is InChI=1S/C17H19N3O4/c1-11(21)12-4-5-14(16(8-12)23-3)24-15-6-7-20(17(15)22)13-9-18-19(2)10-13/h4-5,8-10,15H,6-7H2,1-3H3/t15-/m1/s1. The van der Waals surface area contributed by atoms with Crippen LogP contribution in [0.4, 0.5) is 5.69 Å². The molecule has 0 radical (unpaired) electrons. The molecule has 0 spiro atoms. The van der Waals surface area contributed by atoms with Crippen molar-refractivity contribution in [1.29, 1.82) is 0 Å². The third-order valence-electron chi connectivity index (χ3n) is 4.00. The Kier molecular flexibility index (Phi) is 4.24. The van der Waals surface area contributed by atoms with E-state index in [0.29, 0.717) is 30.0 Å². The molecule has 7 heteroatoms. The number of hydrogen-bond donors (Lipinski definition) is 0. The summed E-state index contributed by atoms with van der Waals surface area (Å²) in [4.78, 5) is 25.7. The fourth-order valence-electron chi connectivity index (χ4n) is 2.70. The third-order valence-corrected chi connectivity index (χ3v) is 4.00. The fourth-order valence-corrected chi connectivity index (χ4v) is 2.70. The average Bonchev–Trinajstić information content (AvgIpc) is 3.14. The van der Waals surface area contributed by atoms with Crippen LogP contribution >= 0.6 is 0 Å². The molecular weight excluding hydrogens is 310 g/mol. The van der Waals surface area contributed by atoms with Crippen molar-refractivity contribution in [2.45, 2.75) is 19.4 Å². The van der Waals surface area contributed by atoms with E-state index < -0.39 is 6.10 Å². The molecule has 1 fully saturated rings. The second-order valence-electron chi connectivity index (χ2n) is 5.68. The van der Waals surface area contributed by atoms with Crippen LogP contribution in [0.15, 0.2) is 30.6 Å². The molecule has 2 heterocycles. The molecule has 0 unspecified atom stereocenters. The zero-order valence-corrected chi connectivity index (χ0v) is 13.9. The summed E-state index contributed by atoms with van der Waals surface area (Å²) in [7, 11) is 3.31. The molecular formula is C17H19N3O4. The molecule has 1 aromatic carbocycles. The lowest BCUT2D eigenvalue weighted by atomic mass is 10.1. The van der Waals surface area contributed by atoms with Crippen molar-refractivity contribution in [3.63, 3.8) is 0 Å². The van der Waals surface area contributed by atoms with Gasteiger partial charge in [-0.25, -0.2) is 0 Å². The second kappa shape index (κ2) is 6.35. The monoisotopic (exact) mass is 329 g/mol. The molecule has 1 aromatic heterocycles. The minimum absolute atomic E-state index is 0.0560. The summed E-state index contributed by atoms with van der Waals surface area (Å²) >= 11 is 0. The van der Waals surface area contributed by atoms with Gasteiger partial charge in [0.2, 0.25) is 0 Å². The Bertz CT molecular complexity index is 784. The number of hydrogen-bond acceptors (Lipinski definition) is 5. The van der Waals surface area contributed by atoms with Gasteiger partial charge in [0.15, 0.2) is 23.4 Å². The van der Waals surface area contributed by atoms with Gasteiger partial charge < -0.3 is 14.4 Å². The SMILES string of the molecule is COc1cc(C(C)=O)ccc1O[C@@H]1CCN(c2cnn(C)c2)C1=O. The quantitative estimate of drug-likeness (QED) is 0.782. The lowest BCUT2D eigenvalue weighted by molar-refractivity contribution is -0.122. The number of ether oxygens (including phenoxy) is 2. The van der Waals surface area contributed by atoms with Crippen molar-refractivity contribution in [2.24, 2.45) is 7.05 Å². The average molecular weight is 329 g/mol. The molecule has 126 valence electrons. The Morgan fingerprint density at radius 1 is 1.33 bits per heavy atom. The van der Waals surface area contributed by atoms with E-state index in [1.165, 1.54) is 14.0 Å². The Labute approximate surface area is 139 Å². The van der Waals surface area contributed by atoms with Gasteiger partial charge in [-0.3, -0.25) is 14.3 Å². The van der Waals surface area contributed by atoms with Crippen molar-refractivity contribution in [3.8, 4) is 11.5 Å². The number of amides is 1. The number of aromatic nitrogens is 2.